The minimum atomic E-state index is -0.0535. The molecule has 0 saturated heterocycles. The van der Waals surface area contributed by atoms with Crippen LogP contribution >= 0.6 is 12.2 Å². The van der Waals surface area contributed by atoms with E-state index < -0.39 is 0 Å². The standard InChI is InChI=1S/C23H24N2OS/c1-16-8-7-11-21(17(16)2)24-23(27)25-22(18-9-5-4-6-10-18)19-12-14-20(26-3)15-13-19/h4-15,22H,1-3H3,(H2,24,25,27)/t22-/m0/s1. The second kappa shape index (κ2) is 8.69. The highest BCUT2D eigenvalue weighted by atomic mass is 32.1. The van der Waals surface area contributed by atoms with Crippen LogP contribution in [0.5, 0.6) is 5.75 Å². The molecule has 2 N–H and O–H groups in total. The molecule has 27 heavy (non-hydrogen) atoms. The third-order valence-electron chi connectivity index (χ3n) is 4.71. The number of benzene rings is 3. The van der Waals surface area contributed by atoms with Crippen molar-refractivity contribution in [2.24, 2.45) is 0 Å². The highest BCUT2D eigenvalue weighted by Crippen LogP contribution is 2.25. The Morgan fingerprint density at radius 2 is 1.52 bits per heavy atom. The van der Waals surface area contributed by atoms with Crippen molar-refractivity contribution in [2.75, 3.05) is 12.4 Å². The molecule has 3 aromatic carbocycles. The number of ether oxygens (including phenoxy) is 1. The Morgan fingerprint density at radius 1 is 0.852 bits per heavy atom. The van der Waals surface area contributed by atoms with E-state index in [0.29, 0.717) is 5.11 Å². The van der Waals surface area contributed by atoms with Gasteiger partial charge in [0.2, 0.25) is 0 Å². The first kappa shape index (κ1) is 18.9. The van der Waals surface area contributed by atoms with Crippen LogP contribution in [-0.4, -0.2) is 12.2 Å². The molecule has 0 amide bonds. The van der Waals surface area contributed by atoms with Crippen molar-refractivity contribution in [3.05, 3.63) is 95.1 Å². The van der Waals surface area contributed by atoms with E-state index >= 15 is 0 Å². The van der Waals surface area contributed by atoms with Gasteiger partial charge >= 0.3 is 0 Å². The van der Waals surface area contributed by atoms with Gasteiger partial charge in [-0.05, 0) is 66.5 Å². The van der Waals surface area contributed by atoms with Gasteiger partial charge in [0.15, 0.2) is 5.11 Å². The van der Waals surface area contributed by atoms with Crippen LogP contribution in [0.2, 0.25) is 0 Å². The van der Waals surface area contributed by atoms with E-state index in [4.69, 9.17) is 17.0 Å². The van der Waals surface area contributed by atoms with Gasteiger partial charge in [-0.2, -0.15) is 0 Å². The summed E-state index contributed by atoms with van der Waals surface area (Å²) in [6.07, 6.45) is 0. The minimum Gasteiger partial charge on any atom is -0.497 e. The molecular formula is C23H24N2OS. The lowest BCUT2D eigenvalue weighted by Crippen LogP contribution is -2.33. The van der Waals surface area contributed by atoms with Crippen molar-refractivity contribution in [1.82, 2.24) is 5.32 Å². The normalized spacial score (nSPS) is 11.5. The predicted molar refractivity (Wildman–Crippen MR) is 117 cm³/mol. The average molecular weight is 377 g/mol. The monoisotopic (exact) mass is 376 g/mol. The second-order valence-corrected chi connectivity index (χ2v) is 6.87. The maximum absolute atomic E-state index is 5.62. The number of methoxy groups -OCH3 is 1. The van der Waals surface area contributed by atoms with Gasteiger partial charge in [0.05, 0.1) is 13.2 Å². The molecule has 0 heterocycles. The summed E-state index contributed by atoms with van der Waals surface area (Å²) in [5, 5.41) is 7.39. The fraction of sp³-hybridized carbons (Fsp3) is 0.174. The fourth-order valence-corrected chi connectivity index (χ4v) is 3.20. The van der Waals surface area contributed by atoms with Crippen LogP contribution < -0.4 is 15.4 Å². The van der Waals surface area contributed by atoms with E-state index in [0.717, 1.165) is 22.6 Å². The summed E-state index contributed by atoms with van der Waals surface area (Å²) >= 11 is 5.62. The van der Waals surface area contributed by atoms with Crippen LogP contribution in [0, 0.1) is 13.8 Å². The quantitative estimate of drug-likeness (QED) is 0.585. The van der Waals surface area contributed by atoms with Crippen LogP contribution in [0.25, 0.3) is 0 Å². The summed E-state index contributed by atoms with van der Waals surface area (Å²) in [6.45, 7) is 4.19. The zero-order valence-corrected chi connectivity index (χ0v) is 16.6. The van der Waals surface area contributed by atoms with Crippen molar-refractivity contribution in [1.29, 1.82) is 0 Å². The van der Waals surface area contributed by atoms with Crippen LogP contribution in [0.3, 0.4) is 0 Å². The minimum absolute atomic E-state index is 0.0535. The number of rotatable bonds is 5. The van der Waals surface area contributed by atoms with Gasteiger partial charge in [-0.3, -0.25) is 0 Å². The molecule has 0 aliphatic carbocycles. The first-order valence-corrected chi connectivity index (χ1v) is 9.32. The van der Waals surface area contributed by atoms with Crippen LogP contribution in [-0.2, 0) is 0 Å². The molecule has 0 radical (unpaired) electrons. The zero-order valence-electron chi connectivity index (χ0n) is 15.8. The highest BCUT2D eigenvalue weighted by molar-refractivity contribution is 7.80. The van der Waals surface area contributed by atoms with Gasteiger partial charge in [-0.1, -0.05) is 54.6 Å². The molecule has 3 nitrogen and oxygen atoms in total. The van der Waals surface area contributed by atoms with Gasteiger partial charge in [0, 0.05) is 5.69 Å². The van der Waals surface area contributed by atoms with E-state index in [2.05, 4.69) is 54.8 Å². The molecule has 0 unspecified atom stereocenters. The maximum Gasteiger partial charge on any atom is 0.171 e. The predicted octanol–water partition coefficient (Wildman–Crippen LogP) is 5.39. The molecule has 1 atom stereocenters. The number of thiocarbonyl (C=S) groups is 1. The molecule has 0 aliphatic heterocycles. The van der Waals surface area contributed by atoms with Gasteiger partial charge in [0.25, 0.3) is 0 Å². The number of nitrogens with one attached hydrogen (secondary N) is 2. The van der Waals surface area contributed by atoms with Gasteiger partial charge in [-0.25, -0.2) is 0 Å². The molecule has 0 aromatic heterocycles. The molecular weight excluding hydrogens is 352 g/mol. The average Bonchev–Trinajstić information content (AvgIpc) is 2.70. The molecule has 0 aliphatic rings. The topological polar surface area (TPSA) is 33.3 Å². The molecule has 0 spiro atoms. The molecule has 3 aromatic rings. The van der Waals surface area contributed by atoms with Crippen molar-refractivity contribution >= 4 is 23.0 Å². The maximum atomic E-state index is 5.62. The molecule has 3 rings (SSSR count). The lowest BCUT2D eigenvalue weighted by atomic mass is 9.99. The van der Waals surface area contributed by atoms with Crippen LogP contribution in [0.1, 0.15) is 28.3 Å². The third-order valence-corrected chi connectivity index (χ3v) is 4.93. The number of aryl methyl sites for hydroxylation is 1. The van der Waals surface area contributed by atoms with Crippen molar-refractivity contribution in [2.45, 2.75) is 19.9 Å². The summed E-state index contributed by atoms with van der Waals surface area (Å²) in [4.78, 5) is 0. The van der Waals surface area contributed by atoms with E-state index in [1.807, 2.05) is 42.5 Å². The van der Waals surface area contributed by atoms with E-state index in [1.54, 1.807) is 7.11 Å². The Balaban J connectivity index is 1.84. The lowest BCUT2D eigenvalue weighted by molar-refractivity contribution is 0.414. The Morgan fingerprint density at radius 3 is 2.19 bits per heavy atom. The summed E-state index contributed by atoms with van der Waals surface area (Å²) in [6, 6.07) is 24.5. The second-order valence-electron chi connectivity index (χ2n) is 6.46. The molecule has 4 heteroatoms. The Labute approximate surface area is 166 Å². The first-order chi connectivity index (χ1) is 13.1. The summed E-state index contributed by atoms with van der Waals surface area (Å²) in [5.74, 6) is 0.835. The van der Waals surface area contributed by atoms with Gasteiger partial charge in [-0.15, -0.1) is 0 Å². The summed E-state index contributed by atoms with van der Waals surface area (Å²) in [7, 11) is 1.67. The zero-order chi connectivity index (χ0) is 19.2. The Kier molecular flexibility index (Phi) is 6.09. The fourth-order valence-electron chi connectivity index (χ4n) is 2.98. The van der Waals surface area contributed by atoms with Gasteiger partial charge in [0.1, 0.15) is 5.75 Å². The smallest absolute Gasteiger partial charge is 0.171 e. The van der Waals surface area contributed by atoms with E-state index in [-0.39, 0.29) is 6.04 Å². The van der Waals surface area contributed by atoms with Crippen molar-refractivity contribution < 1.29 is 4.74 Å². The number of anilines is 1. The summed E-state index contributed by atoms with van der Waals surface area (Å²) < 4.78 is 5.28. The molecule has 0 saturated carbocycles. The van der Waals surface area contributed by atoms with Crippen LogP contribution in [0.4, 0.5) is 5.69 Å². The SMILES string of the molecule is COc1ccc([C@@H](NC(=S)Nc2cccc(C)c2C)c2ccccc2)cc1. The van der Waals surface area contributed by atoms with Crippen molar-refractivity contribution in [3.8, 4) is 5.75 Å². The number of hydrogen-bond acceptors (Lipinski definition) is 2. The molecule has 0 fully saturated rings. The first-order valence-electron chi connectivity index (χ1n) is 8.91. The lowest BCUT2D eigenvalue weighted by Gasteiger charge is -2.23. The Bertz CT molecular complexity index is 907. The summed E-state index contributed by atoms with van der Waals surface area (Å²) in [5.41, 5.74) is 5.72. The number of hydrogen-bond donors (Lipinski definition) is 2. The largest absolute Gasteiger partial charge is 0.497 e. The van der Waals surface area contributed by atoms with Crippen LogP contribution in [0.15, 0.2) is 72.8 Å². The van der Waals surface area contributed by atoms with E-state index in [1.165, 1.54) is 11.1 Å². The molecule has 138 valence electrons. The van der Waals surface area contributed by atoms with Gasteiger partial charge < -0.3 is 15.4 Å². The Hall–Kier alpha value is -2.85. The highest BCUT2D eigenvalue weighted by Gasteiger charge is 2.16. The molecule has 0 bridgehead atoms. The van der Waals surface area contributed by atoms with Crippen molar-refractivity contribution in [3.63, 3.8) is 0 Å². The third kappa shape index (κ3) is 4.66. The van der Waals surface area contributed by atoms with E-state index in [9.17, 15) is 0 Å².